The van der Waals surface area contributed by atoms with Crippen LogP contribution in [0.2, 0.25) is 5.02 Å². The molecular formula is C19H23ClN6O4. The fraction of sp³-hybridized carbons (Fsp3) is 0.368. The van der Waals surface area contributed by atoms with Gasteiger partial charge in [-0.1, -0.05) is 29.8 Å². The number of aromatic nitrogens is 4. The second-order valence-electron chi connectivity index (χ2n) is 6.96. The zero-order chi connectivity index (χ0) is 21.8. The van der Waals surface area contributed by atoms with Gasteiger partial charge in [-0.3, -0.25) is 14.3 Å². The molecule has 1 atom stereocenters. The van der Waals surface area contributed by atoms with E-state index in [2.05, 4.69) is 20.5 Å². The lowest BCUT2D eigenvalue weighted by molar-refractivity contribution is -0.000105. The number of rotatable bonds is 8. The Bertz CT molecular complexity index is 1180. The predicted octanol–water partition coefficient (Wildman–Crippen LogP) is 1.31. The lowest BCUT2D eigenvalue weighted by Gasteiger charge is -2.15. The number of nitrogens with zero attached hydrogens (tertiary/aromatic N) is 4. The minimum absolute atomic E-state index is 0.00838. The maximum absolute atomic E-state index is 12.4. The van der Waals surface area contributed by atoms with Crippen LogP contribution in [0.5, 0.6) is 0 Å². The Morgan fingerprint density at radius 3 is 2.80 bits per heavy atom. The summed E-state index contributed by atoms with van der Waals surface area (Å²) in [5, 5.41) is 15.0. The van der Waals surface area contributed by atoms with Crippen molar-refractivity contribution >= 4 is 34.9 Å². The molecule has 1 unspecified atom stereocenters. The van der Waals surface area contributed by atoms with Crippen LogP contribution in [0.3, 0.4) is 0 Å². The molecule has 0 saturated heterocycles. The summed E-state index contributed by atoms with van der Waals surface area (Å²) in [6.07, 6.45) is 0.545. The number of hydrazone groups is 1. The van der Waals surface area contributed by atoms with Crippen LogP contribution in [0.15, 0.2) is 39.0 Å². The van der Waals surface area contributed by atoms with Crippen molar-refractivity contribution in [1.29, 1.82) is 0 Å². The van der Waals surface area contributed by atoms with Gasteiger partial charge < -0.3 is 14.4 Å². The number of aliphatic hydroxyl groups excluding tert-OH is 1. The Morgan fingerprint density at radius 2 is 2.10 bits per heavy atom. The van der Waals surface area contributed by atoms with Crippen molar-refractivity contribution < 1.29 is 9.84 Å². The molecule has 0 radical (unpaired) electrons. The molecule has 3 N–H and O–H groups in total. The molecule has 3 rings (SSSR count). The van der Waals surface area contributed by atoms with E-state index >= 15 is 0 Å². The minimum Gasteiger partial charge on any atom is -0.389 e. The van der Waals surface area contributed by atoms with Crippen LogP contribution in [-0.4, -0.2) is 49.2 Å². The number of aryl methyl sites for hydroxylation is 1. The highest BCUT2D eigenvalue weighted by Gasteiger charge is 2.19. The standard InChI is InChI=1S/C19H23ClN6O4/c1-11(2)30-10-13(27)9-26-15-16(25(3)19(29)23-17(15)28)22-18(26)24-21-8-12-6-4-5-7-14(12)20/h4-8,11,13,27H,9-10H2,1-3H3,(H,22,24)(H,23,28,29)/b21-8-. The van der Waals surface area contributed by atoms with E-state index < -0.39 is 17.4 Å². The summed E-state index contributed by atoms with van der Waals surface area (Å²) < 4.78 is 8.12. The number of anilines is 1. The van der Waals surface area contributed by atoms with Gasteiger partial charge in [0.05, 0.1) is 31.6 Å². The number of ether oxygens (including phenoxy) is 1. The Kier molecular flexibility index (Phi) is 6.70. The van der Waals surface area contributed by atoms with E-state index in [-0.39, 0.29) is 36.4 Å². The summed E-state index contributed by atoms with van der Waals surface area (Å²) in [7, 11) is 1.49. The fourth-order valence-corrected chi connectivity index (χ4v) is 2.99. The van der Waals surface area contributed by atoms with Gasteiger partial charge in [-0.25, -0.2) is 10.2 Å². The average Bonchev–Trinajstić information content (AvgIpc) is 3.05. The van der Waals surface area contributed by atoms with E-state index in [0.29, 0.717) is 10.6 Å². The average molecular weight is 435 g/mol. The van der Waals surface area contributed by atoms with E-state index in [0.717, 1.165) is 0 Å². The summed E-state index contributed by atoms with van der Waals surface area (Å²) in [6, 6.07) is 7.15. The minimum atomic E-state index is -0.908. The molecule has 0 spiro atoms. The van der Waals surface area contributed by atoms with Crippen LogP contribution in [0.1, 0.15) is 19.4 Å². The third-order valence-electron chi connectivity index (χ3n) is 4.30. The normalized spacial score (nSPS) is 12.9. The maximum Gasteiger partial charge on any atom is 0.329 e. The topological polar surface area (TPSA) is 127 Å². The van der Waals surface area contributed by atoms with E-state index in [1.807, 2.05) is 19.9 Å². The van der Waals surface area contributed by atoms with Crippen molar-refractivity contribution in [2.45, 2.75) is 32.6 Å². The molecule has 0 aliphatic rings. The Morgan fingerprint density at radius 1 is 1.37 bits per heavy atom. The molecule has 2 heterocycles. The number of aromatic amines is 1. The number of fused-ring (bicyclic) bond motifs is 1. The van der Waals surface area contributed by atoms with Crippen molar-refractivity contribution in [3.05, 3.63) is 55.7 Å². The molecule has 3 aromatic rings. The number of nitrogens with one attached hydrogen (secondary N) is 2. The zero-order valence-corrected chi connectivity index (χ0v) is 17.6. The van der Waals surface area contributed by atoms with Crippen LogP contribution < -0.4 is 16.7 Å². The van der Waals surface area contributed by atoms with Gasteiger partial charge in [-0.15, -0.1) is 0 Å². The summed E-state index contributed by atoms with van der Waals surface area (Å²) in [6.45, 7) is 3.80. The van der Waals surface area contributed by atoms with Crippen molar-refractivity contribution in [3.8, 4) is 0 Å². The van der Waals surface area contributed by atoms with Gasteiger partial charge in [-0.05, 0) is 19.9 Å². The van der Waals surface area contributed by atoms with E-state index in [1.165, 1.54) is 22.4 Å². The molecule has 2 aromatic heterocycles. The molecule has 10 nitrogen and oxygen atoms in total. The van der Waals surface area contributed by atoms with Gasteiger partial charge >= 0.3 is 5.69 Å². The largest absolute Gasteiger partial charge is 0.389 e. The van der Waals surface area contributed by atoms with Crippen LogP contribution in [0.25, 0.3) is 11.2 Å². The lowest BCUT2D eigenvalue weighted by atomic mass is 10.2. The number of hydrogen-bond donors (Lipinski definition) is 3. The second kappa shape index (κ2) is 9.24. The molecule has 11 heteroatoms. The van der Waals surface area contributed by atoms with Gasteiger partial charge in [0.25, 0.3) is 5.56 Å². The monoisotopic (exact) mass is 434 g/mol. The number of aliphatic hydroxyl groups is 1. The molecule has 0 aliphatic heterocycles. The zero-order valence-electron chi connectivity index (χ0n) is 16.8. The number of hydrogen-bond acceptors (Lipinski definition) is 7. The lowest BCUT2D eigenvalue weighted by Crippen LogP contribution is -2.30. The molecule has 0 aliphatic carbocycles. The molecule has 160 valence electrons. The summed E-state index contributed by atoms with van der Waals surface area (Å²) in [5.41, 5.74) is 2.55. The van der Waals surface area contributed by atoms with Crippen LogP contribution in [0.4, 0.5) is 5.95 Å². The summed E-state index contributed by atoms with van der Waals surface area (Å²) in [5.74, 6) is 0.184. The first-order valence-corrected chi connectivity index (χ1v) is 9.68. The third-order valence-corrected chi connectivity index (χ3v) is 4.64. The first-order valence-electron chi connectivity index (χ1n) is 9.30. The number of H-pyrrole nitrogens is 1. The van der Waals surface area contributed by atoms with Gasteiger partial charge in [0.2, 0.25) is 5.95 Å². The van der Waals surface area contributed by atoms with Crippen molar-refractivity contribution in [2.75, 3.05) is 12.0 Å². The first kappa shape index (κ1) is 21.8. The quantitative estimate of drug-likeness (QED) is 0.362. The highest BCUT2D eigenvalue weighted by molar-refractivity contribution is 6.33. The number of halogens is 1. The third kappa shape index (κ3) is 4.78. The van der Waals surface area contributed by atoms with Gasteiger partial charge in [0.1, 0.15) is 0 Å². The Balaban J connectivity index is 1.98. The smallest absolute Gasteiger partial charge is 0.329 e. The second-order valence-corrected chi connectivity index (χ2v) is 7.37. The SMILES string of the molecule is CC(C)OCC(O)Cn1c(N/N=C\c2ccccc2Cl)nc2c1c(=O)[nH]c(=O)n2C. The molecule has 0 fully saturated rings. The van der Waals surface area contributed by atoms with Crippen molar-refractivity contribution in [1.82, 2.24) is 19.1 Å². The van der Waals surface area contributed by atoms with Crippen molar-refractivity contribution in [3.63, 3.8) is 0 Å². The van der Waals surface area contributed by atoms with Gasteiger partial charge in [0.15, 0.2) is 11.2 Å². The Labute approximate surface area is 176 Å². The number of imidazole rings is 1. The molecule has 30 heavy (non-hydrogen) atoms. The molecule has 1 aromatic carbocycles. The van der Waals surface area contributed by atoms with Gasteiger partial charge in [0, 0.05) is 17.6 Å². The van der Waals surface area contributed by atoms with Crippen LogP contribution in [-0.2, 0) is 18.3 Å². The van der Waals surface area contributed by atoms with Crippen LogP contribution in [0, 0.1) is 0 Å². The predicted molar refractivity (Wildman–Crippen MR) is 115 cm³/mol. The highest BCUT2D eigenvalue weighted by atomic mass is 35.5. The maximum atomic E-state index is 12.4. The van der Waals surface area contributed by atoms with E-state index in [4.69, 9.17) is 16.3 Å². The van der Waals surface area contributed by atoms with Crippen LogP contribution >= 0.6 is 11.6 Å². The van der Waals surface area contributed by atoms with E-state index in [9.17, 15) is 14.7 Å². The molecule has 0 amide bonds. The highest BCUT2D eigenvalue weighted by Crippen LogP contribution is 2.17. The fourth-order valence-electron chi connectivity index (χ4n) is 2.80. The van der Waals surface area contributed by atoms with E-state index in [1.54, 1.807) is 18.2 Å². The summed E-state index contributed by atoms with van der Waals surface area (Å²) >= 11 is 6.12. The summed E-state index contributed by atoms with van der Waals surface area (Å²) in [4.78, 5) is 31.0. The molecule has 0 bridgehead atoms. The molecule has 0 saturated carbocycles. The van der Waals surface area contributed by atoms with Gasteiger partial charge in [-0.2, -0.15) is 10.1 Å². The Hall–Kier alpha value is -2.95. The van der Waals surface area contributed by atoms with Crippen molar-refractivity contribution in [2.24, 2.45) is 12.1 Å². The first-order chi connectivity index (χ1) is 14.3. The molecular weight excluding hydrogens is 412 g/mol. The number of benzene rings is 1.